The Kier molecular flexibility index (Phi) is 5.79. The van der Waals surface area contributed by atoms with Gasteiger partial charge in [0, 0.05) is 21.8 Å². The molecule has 0 spiro atoms. The normalized spacial score (nSPS) is 11.1. The van der Waals surface area contributed by atoms with Crippen LogP contribution in [0.4, 0.5) is 21.9 Å². The van der Waals surface area contributed by atoms with Crippen LogP contribution in [0.25, 0.3) is 10.8 Å². The highest BCUT2D eigenvalue weighted by atomic mass is 35.5. The number of rotatable bonds is 5. The van der Waals surface area contributed by atoms with Crippen molar-refractivity contribution in [2.75, 3.05) is 15.4 Å². The van der Waals surface area contributed by atoms with Gasteiger partial charge in [-0.05, 0) is 53.9 Å². The van der Waals surface area contributed by atoms with Gasteiger partial charge in [-0.25, -0.2) is 13.2 Å². The maximum Gasteiger partial charge on any atom is 0.323 e. The summed E-state index contributed by atoms with van der Waals surface area (Å²) in [5, 5.41) is 7.57. The molecule has 4 aromatic carbocycles. The number of fused-ring (bicyclic) bond motifs is 1. The maximum atomic E-state index is 12.8. The van der Waals surface area contributed by atoms with Crippen molar-refractivity contribution in [2.24, 2.45) is 0 Å². The molecule has 0 aliphatic rings. The minimum atomic E-state index is -3.80. The number of halogens is 1. The third kappa shape index (κ3) is 4.96. The van der Waals surface area contributed by atoms with Gasteiger partial charge in [0.1, 0.15) is 0 Å². The molecule has 0 aliphatic carbocycles. The summed E-state index contributed by atoms with van der Waals surface area (Å²) in [4.78, 5) is 12.2. The molecule has 3 N–H and O–H groups in total. The van der Waals surface area contributed by atoms with Gasteiger partial charge >= 0.3 is 6.03 Å². The van der Waals surface area contributed by atoms with E-state index in [1.54, 1.807) is 36.4 Å². The summed E-state index contributed by atoms with van der Waals surface area (Å²) in [5.74, 6) is 0. The first-order valence-corrected chi connectivity index (χ1v) is 11.2. The number of benzene rings is 4. The summed E-state index contributed by atoms with van der Waals surface area (Å²) in [6.45, 7) is 0. The number of amides is 2. The molecule has 0 atom stereocenters. The number of urea groups is 1. The van der Waals surface area contributed by atoms with Gasteiger partial charge in [-0.2, -0.15) is 0 Å². The van der Waals surface area contributed by atoms with E-state index in [9.17, 15) is 13.2 Å². The van der Waals surface area contributed by atoms with Gasteiger partial charge in [0.2, 0.25) is 0 Å². The van der Waals surface area contributed by atoms with Crippen LogP contribution in [0.2, 0.25) is 5.02 Å². The molecule has 2 amide bonds. The zero-order chi connectivity index (χ0) is 21.8. The Morgan fingerprint density at radius 1 is 0.742 bits per heavy atom. The van der Waals surface area contributed by atoms with Gasteiger partial charge in [-0.15, -0.1) is 0 Å². The summed E-state index contributed by atoms with van der Waals surface area (Å²) in [6, 6.07) is 25.2. The van der Waals surface area contributed by atoms with Crippen LogP contribution >= 0.6 is 11.6 Å². The molecule has 0 aromatic heterocycles. The summed E-state index contributed by atoms with van der Waals surface area (Å²) in [7, 11) is -3.80. The number of anilines is 3. The highest BCUT2D eigenvalue weighted by Crippen LogP contribution is 2.26. The second-order valence-corrected chi connectivity index (χ2v) is 8.86. The average molecular weight is 452 g/mol. The lowest BCUT2D eigenvalue weighted by atomic mass is 10.1. The third-order valence-corrected chi connectivity index (χ3v) is 6.16. The summed E-state index contributed by atoms with van der Waals surface area (Å²) in [6.07, 6.45) is 0. The molecule has 0 saturated heterocycles. The standard InChI is InChI=1S/C23H18ClN3O3S/c24-17-7-4-8-19(15-17)26-23(28)25-18-11-13-20(14-12-18)31(29,30)27-22-10-3-6-16-5-1-2-9-21(16)22/h1-15,27H,(H2,25,26,28). The molecule has 6 nitrogen and oxygen atoms in total. The number of hydrogen-bond acceptors (Lipinski definition) is 3. The summed E-state index contributed by atoms with van der Waals surface area (Å²) < 4.78 is 28.3. The Morgan fingerprint density at radius 3 is 2.19 bits per heavy atom. The molecule has 156 valence electrons. The predicted molar refractivity (Wildman–Crippen MR) is 125 cm³/mol. The van der Waals surface area contributed by atoms with Crippen molar-refractivity contribution in [3.63, 3.8) is 0 Å². The lowest BCUT2D eigenvalue weighted by molar-refractivity contribution is 0.262. The van der Waals surface area contributed by atoms with Crippen LogP contribution in [0.1, 0.15) is 0 Å². The van der Waals surface area contributed by atoms with Crippen LogP contribution in [0, 0.1) is 0 Å². The fourth-order valence-corrected chi connectivity index (χ4v) is 4.37. The van der Waals surface area contributed by atoms with E-state index in [1.807, 2.05) is 30.3 Å². The molecule has 0 fully saturated rings. The third-order valence-electron chi connectivity index (χ3n) is 4.54. The van der Waals surface area contributed by atoms with Crippen molar-refractivity contribution in [1.29, 1.82) is 0 Å². The Balaban J connectivity index is 1.47. The zero-order valence-electron chi connectivity index (χ0n) is 16.2. The second-order valence-electron chi connectivity index (χ2n) is 6.75. The summed E-state index contributed by atoms with van der Waals surface area (Å²) >= 11 is 5.90. The van der Waals surface area contributed by atoms with Crippen LogP contribution in [-0.2, 0) is 10.0 Å². The van der Waals surface area contributed by atoms with Gasteiger partial charge in [0.25, 0.3) is 10.0 Å². The van der Waals surface area contributed by atoms with Crippen LogP contribution < -0.4 is 15.4 Å². The fraction of sp³-hybridized carbons (Fsp3) is 0. The van der Waals surface area contributed by atoms with Gasteiger partial charge in [0.15, 0.2) is 0 Å². The summed E-state index contributed by atoms with van der Waals surface area (Å²) in [5.41, 5.74) is 1.49. The molecule has 0 saturated carbocycles. The lowest BCUT2D eigenvalue weighted by Crippen LogP contribution is -2.19. The molecule has 4 aromatic rings. The first kappa shape index (κ1) is 20.7. The first-order chi connectivity index (χ1) is 14.9. The van der Waals surface area contributed by atoms with Crippen molar-refractivity contribution in [1.82, 2.24) is 0 Å². The molecule has 31 heavy (non-hydrogen) atoms. The van der Waals surface area contributed by atoms with Crippen molar-refractivity contribution >= 4 is 55.5 Å². The monoisotopic (exact) mass is 451 g/mol. The SMILES string of the molecule is O=C(Nc1ccc(S(=O)(=O)Nc2cccc3ccccc23)cc1)Nc1cccc(Cl)c1. The van der Waals surface area contributed by atoms with E-state index >= 15 is 0 Å². The van der Waals surface area contributed by atoms with Crippen LogP contribution in [-0.4, -0.2) is 14.4 Å². The molecule has 0 unspecified atom stereocenters. The molecular formula is C23H18ClN3O3S. The number of carbonyl (C=O) groups is 1. The van der Waals surface area contributed by atoms with Gasteiger partial charge in [-0.1, -0.05) is 54.1 Å². The zero-order valence-corrected chi connectivity index (χ0v) is 17.7. The van der Waals surface area contributed by atoms with Crippen molar-refractivity contribution < 1.29 is 13.2 Å². The number of carbonyl (C=O) groups excluding carboxylic acids is 1. The molecule has 0 heterocycles. The highest BCUT2D eigenvalue weighted by molar-refractivity contribution is 7.92. The van der Waals surface area contributed by atoms with Crippen LogP contribution in [0.3, 0.4) is 0 Å². The van der Waals surface area contributed by atoms with E-state index in [1.165, 1.54) is 24.3 Å². The molecule has 0 radical (unpaired) electrons. The van der Waals surface area contributed by atoms with Crippen LogP contribution in [0.15, 0.2) is 95.9 Å². The lowest BCUT2D eigenvalue weighted by Gasteiger charge is -2.12. The van der Waals surface area contributed by atoms with Crippen molar-refractivity contribution in [3.05, 3.63) is 96.0 Å². The average Bonchev–Trinajstić information content (AvgIpc) is 2.74. The van der Waals surface area contributed by atoms with Gasteiger partial charge in [-0.3, -0.25) is 4.72 Å². The predicted octanol–water partition coefficient (Wildman–Crippen LogP) is 5.94. The van der Waals surface area contributed by atoms with E-state index in [4.69, 9.17) is 11.6 Å². The largest absolute Gasteiger partial charge is 0.323 e. The number of nitrogens with one attached hydrogen (secondary N) is 3. The minimum Gasteiger partial charge on any atom is -0.308 e. The highest BCUT2D eigenvalue weighted by Gasteiger charge is 2.15. The van der Waals surface area contributed by atoms with Crippen molar-refractivity contribution in [2.45, 2.75) is 4.90 Å². The van der Waals surface area contributed by atoms with E-state index in [0.717, 1.165) is 10.8 Å². The molecule has 0 aliphatic heterocycles. The molecule has 8 heteroatoms. The van der Waals surface area contributed by atoms with Gasteiger partial charge < -0.3 is 10.6 Å². The Morgan fingerprint density at radius 2 is 1.42 bits per heavy atom. The Labute approximate surface area is 184 Å². The van der Waals surface area contributed by atoms with E-state index in [2.05, 4.69) is 15.4 Å². The smallest absolute Gasteiger partial charge is 0.308 e. The first-order valence-electron chi connectivity index (χ1n) is 9.35. The number of sulfonamides is 1. The quantitative estimate of drug-likeness (QED) is 0.351. The number of hydrogen-bond donors (Lipinski definition) is 3. The fourth-order valence-electron chi connectivity index (χ4n) is 3.10. The van der Waals surface area contributed by atoms with Gasteiger partial charge in [0.05, 0.1) is 10.6 Å². The van der Waals surface area contributed by atoms with Crippen molar-refractivity contribution in [3.8, 4) is 0 Å². The van der Waals surface area contributed by atoms with E-state index < -0.39 is 16.1 Å². The Hall–Kier alpha value is -3.55. The van der Waals surface area contributed by atoms with E-state index in [-0.39, 0.29) is 4.90 Å². The molecule has 0 bridgehead atoms. The molecule has 4 rings (SSSR count). The van der Waals surface area contributed by atoms with E-state index in [0.29, 0.717) is 22.1 Å². The second kappa shape index (κ2) is 8.67. The maximum absolute atomic E-state index is 12.8. The van der Waals surface area contributed by atoms with Crippen LogP contribution in [0.5, 0.6) is 0 Å². The molecular weight excluding hydrogens is 434 g/mol. The minimum absolute atomic E-state index is 0.0845. The Bertz CT molecular complexity index is 1350. The topological polar surface area (TPSA) is 87.3 Å².